The Morgan fingerprint density at radius 2 is 2.17 bits per heavy atom. The van der Waals surface area contributed by atoms with Gasteiger partial charge in [0.25, 0.3) is 0 Å². The van der Waals surface area contributed by atoms with E-state index in [-0.39, 0.29) is 5.78 Å². The SMILES string of the molecule is O=C(c1ccc2c(c1)CCCCO2)c1cccs1. The maximum Gasteiger partial charge on any atom is 0.202 e. The molecule has 0 spiro atoms. The van der Waals surface area contributed by atoms with Gasteiger partial charge in [-0.15, -0.1) is 11.3 Å². The fourth-order valence-electron chi connectivity index (χ4n) is 2.21. The summed E-state index contributed by atoms with van der Waals surface area (Å²) in [6, 6.07) is 9.57. The molecule has 1 aromatic carbocycles. The number of hydrogen-bond donors (Lipinski definition) is 0. The highest BCUT2D eigenvalue weighted by molar-refractivity contribution is 7.12. The maximum absolute atomic E-state index is 12.2. The fourth-order valence-corrected chi connectivity index (χ4v) is 2.89. The number of ether oxygens (including phenoxy) is 1. The second kappa shape index (κ2) is 4.94. The third kappa shape index (κ3) is 2.18. The molecule has 1 aromatic heterocycles. The lowest BCUT2D eigenvalue weighted by Gasteiger charge is -2.08. The summed E-state index contributed by atoms with van der Waals surface area (Å²) in [7, 11) is 0. The molecule has 3 rings (SSSR count). The van der Waals surface area contributed by atoms with Gasteiger partial charge in [-0.2, -0.15) is 0 Å². The van der Waals surface area contributed by atoms with Gasteiger partial charge in [-0.1, -0.05) is 6.07 Å². The van der Waals surface area contributed by atoms with Crippen LogP contribution in [0.15, 0.2) is 35.7 Å². The highest BCUT2D eigenvalue weighted by Crippen LogP contribution is 2.26. The van der Waals surface area contributed by atoms with Crippen molar-refractivity contribution in [1.82, 2.24) is 0 Å². The van der Waals surface area contributed by atoms with E-state index in [1.54, 1.807) is 0 Å². The summed E-state index contributed by atoms with van der Waals surface area (Å²) in [4.78, 5) is 13.0. The summed E-state index contributed by atoms with van der Waals surface area (Å²) in [6.45, 7) is 0.783. The molecule has 0 radical (unpaired) electrons. The Balaban J connectivity index is 1.94. The van der Waals surface area contributed by atoms with E-state index in [2.05, 4.69) is 0 Å². The molecular formula is C15H14O2S. The van der Waals surface area contributed by atoms with Crippen LogP contribution in [0.4, 0.5) is 0 Å². The van der Waals surface area contributed by atoms with Gasteiger partial charge in [-0.3, -0.25) is 4.79 Å². The Bertz CT molecular complexity index is 558. The van der Waals surface area contributed by atoms with Crippen LogP contribution in [0.5, 0.6) is 5.75 Å². The molecule has 18 heavy (non-hydrogen) atoms. The first-order chi connectivity index (χ1) is 8.84. The largest absolute Gasteiger partial charge is 0.493 e. The van der Waals surface area contributed by atoms with Crippen molar-refractivity contribution in [3.05, 3.63) is 51.7 Å². The fraction of sp³-hybridized carbons (Fsp3) is 0.267. The molecule has 0 N–H and O–H groups in total. The Labute approximate surface area is 110 Å². The molecule has 1 aliphatic heterocycles. The Morgan fingerprint density at radius 1 is 1.22 bits per heavy atom. The van der Waals surface area contributed by atoms with E-state index in [4.69, 9.17) is 4.74 Å². The third-order valence-corrected chi connectivity index (χ3v) is 4.03. The molecule has 0 amide bonds. The topological polar surface area (TPSA) is 26.3 Å². The number of ketones is 1. The minimum Gasteiger partial charge on any atom is -0.493 e. The minimum absolute atomic E-state index is 0.108. The van der Waals surface area contributed by atoms with Crippen LogP contribution in [-0.2, 0) is 6.42 Å². The van der Waals surface area contributed by atoms with E-state index in [0.717, 1.165) is 47.6 Å². The molecule has 92 valence electrons. The van der Waals surface area contributed by atoms with Gasteiger partial charge in [-0.25, -0.2) is 0 Å². The second-order valence-corrected chi connectivity index (χ2v) is 5.38. The van der Waals surface area contributed by atoms with Crippen LogP contribution in [-0.4, -0.2) is 12.4 Å². The summed E-state index contributed by atoms with van der Waals surface area (Å²) in [5.41, 5.74) is 1.93. The molecule has 2 heterocycles. The predicted molar refractivity (Wildman–Crippen MR) is 72.6 cm³/mol. The third-order valence-electron chi connectivity index (χ3n) is 3.17. The van der Waals surface area contributed by atoms with E-state index in [1.807, 2.05) is 35.7 Å². The van der Waals surface area contributed by atoms with Crippen molar-refractivity contribution in [3.63, 3.8) is 0 Å². The van der Waals surface area contributed by atoms with Crippen molar-refractivity contribution >= 4 is 17.1 Å². The average molecular weight is 258 g/mol. The standard InChI is InChI=1S/C15H14O2S/c16-15(14-5-3-9-18-14)12-6-7-13-11(10-12)4-1-2-8-17-13/h3,5-7,9-10H,1-2,4,8H2. The van der Waals surface area contributed by atoms with Crippen LogP contribution in [0.2, 0.25) is 0 Å². The molecule has 3 heteroatoms. The lowest BCUT2D eigenvalue weighted by molar-refractivity contribution is 0.104. The summed E-state index contributed by atoms with van der Waals surface area (Å²) < 4.78 is 5.67. The molecule has 0 atom stereocenters. The van der Waals surface area contributed by atoms with Crippen molar-refractivity contribution in [3.8, 4) is 5.75 Å². The molecule has 0 saturated heterocycles. The van der Waals surface area contributed by atoms with Gasteiger partial charge in [0.05, 0.1) is 11.5 Å². The molecule has 2 aromatic rings. The number of carbonyl (C=O) groups excluding carboxylic acids is 1. The number of benzene rings is 1. The first-order valence-corrected chi connectivity index (χ1v) is 7.06. The first kappa shape index (κ1) is 11.5. The van der Waals surface area contributed by atoms with Crippen molar-refractivity contribution in [2.24, 2.45) is 0 Å². The van der Waals surface area contributed by atoms with Crippen LogP contribution in [0, 0.1) is 0 Å². The summed E-state index contributed by atoms with van der Waals surface area (Å²) >= 11 is 1.49. The molecule has 0 fully saturated rings. The van der Waals surface area contributed by atoms with Crippen molar-refractivity contribution in [2.45, 2.75) is 19.3 Å². The highest BCUT2D eigenvalue weighted by atomic mass is 32.1. The zero-order valence-electron chi connectivity index (χ0n) is 10.0. The van der Waals surface area contributed by atoms with Gasteiger partial charge in [0, 0.05) is 5.56 Å². The van der Waals surface area contributed by atoms with E-state index >= 15 is 0 Å². The monoisotopic (exact) mass is 258 g/mol. The minimum atomic E-state index is 0.108. The molecule has 0 aliphatic carbocycles. The number of thiophene rings is 1. The van der Waals surface area contributed by atoms with E-state index in [1.165, 1.54) is 11.3 Å². The molecule has 2 nitrogen and oxygen atoms in total. The van der Waals surface area contributed by atoms with Crippen LogP contribution < -0.4 is 4.74 Å². The second-order valence-electron chi connectivity index (χ2n) is 4.43. The van der Waals surface area contributed by atoms with Crippen LogP contribution in [0.1, 0.15) is 33.6 Å². The molecule has 0 bridgehead atoms. The zero-order chi connectivity index (χ0) is 12.4. The van der Waals surface area contributed by atoms with Crippen LogP contribution in [0.25, 0.3) is 0 Å². The molecule has 0 saturated carbocycles. The smallest absolute Gasteiger partial charge is 0.202 e. The molecular weight excluding hydrogens is 244 g/mol. The number of fused-ring (bicyclic) bond motifs is 1. The van der Waals surface area contributed by atoms with Gasteiger partial charge in [-0.05, 0) is 54.5 Å². The average Bonchev–Trinajstić information content (AvgIpc) is 2.83. The Hall–Kier alpha value is -1.61. The normalized spacial score (nSPS) is 14.4. The lowest BCUT2D eigenvalue weighted by Crippen LogP contribution is -2.01. The van der Waals surface area contributed by atoms with Crippen LogP contribution in [0.3, 0.4) is 0 Å². The van der Waals surface area contributed by atoms with Gasteiger partial charge < -0.3 is 4.74 Å². The van der Waals surface area contributed by atoms with Crippen molar-refractivity contribution in [1.29, 1.82) is 0 Å². The highest BCUT2D eigenvalue weighted by Gasteiger charge is 2.14. The van der Waals surface area contributed by atoms with Crippen LogP contribution >= 0.6 is 11.3 Å². The Morgan fingerprint density at radius 3 is 3.00 bits per heavy atom. The molecule has 0 unspecified atom stereocenters. The van der Waals surface area contributed by atoms with E-state index < -0.39 is 0 Å². The quantitative estimate of drug-likeness (QED) is 0.768. The number of aryl methyl sites for hydroxylation is 1. The van der Waals surface area contributed by atoms with Gasteiger partial charge >= 0.3 is 0 Å². The zero-order valence-corrected chi connectivity index (χ0v) is 10.8. The number of hydrogen-bond acceptors (Lipinski definition) is 3. The van der Waals surface area contributed by atoms with Crippen molar-refractivity contribution < 1.29 is 9.53 Å². The van der Waals surface area contributed by atoms with E-state index in [9.17, 15) is 4.79 Å². The van der Waals surface area contributed by atoms with Crippen molar-refractivity contribution in [2.75, 3.05) is 6.61 Å². The maximum atomic E-state index is 12.2. The predicted octanol–water partition coefficient (Wildman–Crippen LogP) is 3.69. The number of carbonyl (C=O) groups is 1. The first-order valence-electron chi connectivity index (χ1n) is 6.18. The lowest BCUT2D eigenvalue weighted by atomic mass is 10.0. The van der Waals surface area contributed by atoms with Gasteiger partial charge in [0.2, 0.25) is 5.78 Å². The summed E-state index contributed by atoms with van der Waals surface area (Å²) in [5, 5.41) is 1.93. The summed E-state index contributed by atoms with van der Waals surface area (Å²) in [6.07, 6.45) is 3.22. The Kier molecular flexibility index (Phi) is 3.15. The van der Waals surface area contributed by atoms with Gasteiger partial charge in [0.15, 0.2) is 0 Å². The van der Waals surface area contributed by atoms with Gasteiger partial charge in [0.1, 0.15) is 5.75 Å². The molecule has 1 aliphatic rings. The number of rotatable bonds is 2. The summed E-state index contributed by atoms with van der Waals surface area (Å²) in [5.74, 6) is 1.05. The van der Waals surface area contributed by atoms with E-state index in [0.29, 0.717) is 0 Å².